The first-order valence-electron chi connectivity index (χ1n) is 6.27. The minimum absolute atomic E-state index is 0.244. The zero-order chi connectivity index (χ0) is 14.4. The number of aromatic nitrogens is 1. The van der Waals surface area contributed by atoms with Gasteiger partial charge in [0.2, 0.25) is 5.88 Å². The van der Waals surface area contributed by atoms with E-state index in [0.717, 1.165) is 10.2 Å². The van der Waals surface area contributed by atoms with Crippen molar-refractivity contribution in [2.45, 2.75) is 13.0 Å². The van der Waals surface area contributed by atoms with E-state index in [2.05, 4.69) is 44.6 Å². The van der Waals surface area contributed by atoms with Gasteiger partial charge < -0.3 is 14.8 Å². The molecule has 0 aliphatic carbocycles. The van der Waals surface area contributed by atoms with Crippen LogP contribution in [0.4, 0.5) is 5.69 Å². The highest BCUT2D eigenvalue weighted by Crippen LogP contribution is 2.27. The molecule has 0 saturated carbocycles. The molecule has 0 radical (unpaired) electrons. The van der Waals surface area contributed by atoms with E-state index in [1.54, 1.807) is 24.6 Å². The molecule has 2 rings (SSSR count). The summed E-state index contributed by atoms with van der Waals surface area (Å²) in [5.41, 5.74) is 0.973. The lowest BCUT2D eigenvalue weighted by atomic mass is 10.2. The average molecular weight is 357 g/mol. The van der Waals surface area contributed by atoms with E-state index in [9.17, 15) is 0 Å². The van der Waals surface area contributed by atoms with Crippen molar-refractivity contribution in [2.75, 3.05) is 25.6 Å². The van der Waals surface area contributed by atoms with E-state index in [1.807, 2.05) is 12.1 Å². The summed E-state index contributed by atoms with van der Waals surface area (Å²) in [6.45, 7) is 3.20. The maximum atomic E-state index is 5.43. The maximum absolute atomic E-state index is 5.43. The average Bonchev–Trinajstić information content (AvgIpc) is 2.88. The second kappa shape index (κ2) is 7.61. The summed E-state index contributed by atoms with van der Waals surface area (Å²) >= 11 is 5.19. The summed E-state index contributed by atoms with van der Waals surface area (Å²) in [6.07, 6.45) is 1.78. The van der Waals surface area contributed by atoms with Gasteiger partial charge in [0.25, 0.3) is 0 Å². The number of rotatable bonds is 7. The summed E-state index contributed by atoms with van der Waals surface area (Å²) in [7, 11) is 1.65. The number of anilines is 1. The Bertz CT molecular complexity index is 530. The minimum atomic E-state index is 0.244. The van der Waals surface area contributed by atoms with Crippen LogP contribution in [0, 0.1) is 0 Å². The van der Waals surface area contributed by atoms with Crippen molar-refractivity contribution in [2.24, 2.45) is 0 Å². The molecule has 0 saturated heterocycles. The zero-order valence-electron chi connectivity index (χ0n) is 11.4. The molecule has 0 aliphatic rings. The van der Waals surface area contributed by atoms with Gasteiger partial charge in [-0.25, -0.2) is 4.98 Å². The van der Waals surface area contributed by atoms with Crippen LogP contribution in [0.3, 0.4) is 0 Å². The van der Waals surface area contributed by atoms with Crippen LogP contribution < -0.4 is 10.1 Å². The van der Waals surface area contributed by atoms with Crippen molar-refractivity contribution in [3.63, 3.8) is 0 Å². The van der Waals surface area contributed by atoms with E-state index in [4.69, 9.17) is 9.47 Å². The van der Waals surface area contributed by atoms with E-state index in [-0.39, 0.29) is 6.04 Å². The smallest absolute Gasteiger partial charge is 0.213 e. The second-order valence-electron chi connectivity index (χ2n) is 4.26. The Morgan fingerprint density at radius 3 is 2.85 bits per heavy atom. The molecule has 2 heterocycles. The van der Waals surface area contributed by atoms with Crippen LogP contribution >= 0.6 is 27.3 Å². The molecule has 2 aromatic heterocycles. The molecule has 0 bridgehead atoms. The molecule has 2 aromatic rings. The number of pyridine rings is 1. The van der Waals surface area contributed by atoms with Gasteiger partial charge >= 0.3 is 0 Å². The van der Waals surface area contributed by atoms with Crippen molar-refractivity contribution in [1.82, 2.24) is 4.98 Å². The first-order valence-corrected chi connectivity index (χ1v) is 7.94. The fourth-order valence-corrected chi connectivity index (χ4v) is 3.11. The molecule has 108 valence electrons. The Balaban J connectivity index is 1.90. The maximum Gasteiger partial charge on any atom is 0.213 e. The van der Waals surface area contributed by atoms with Crippen molar-refractivity contribution in [1.29, 1.82) is 0 Å². The molecule has 4 nitrogen and oxygen atoms in total. The monoisotopic (exact) mass is 356 g/mol. The Labute approximate surface area is 131 Å². The highest BCUT2D eigenvalue weighted by Gasteiger charge is 2.08. The van der Waals surface area contributed by atoms with Gasteiger partial charge in [-0.05, 0) is 35.0 Å². The fourth-order valence-electron chi connectivity index (χ4n) is 1.66. The predicted molar refractivity (Wildman–Crippen MR) is 85.7 cm³/mol. The number of nitrogens with one attached hydrogen (secondary N) is 1. The highest BCUT2D eigenvalue weighted by molar-refractivity contribution is 9.10. The van der Waals surface area contributed by atoms with E-state index in [1.165, 1.54) is 4.88 Å². The Morgan fingerprint density at radius 1 is 1.40 bits per heavy atom. The zero-order valence-corrected chi connectivity index (χ0v) is 13.8. The van der Waals surface area contributed by atoms with Crippen molar-refractivity contribution >= 4 is 33.0 Å². The molecular formula is C14H17BrN2O2S. The topological polar surface area (TPSA) is 43.4 Å². The molecule has 1 atom stereocenters. The summed E-state index contributed by atoms with van der Waals surface area (Å²) in [5.74, 6) is 0.610. The standard InChI is InChI=1S/C14H17BrN2O2S/c1-10(13-7-11(15)9-20-13)17-12-3-4-14(16-8-12)19-6-5-18-2/h3-4,7-10,17H,5-6H2,1-2H3. The van der Waals surface area contributed by atoms with Gasteiger partial charge in [-0.2, -0.15) is 0 Å². The molecule has 0 aromatic carbocycles. The number of halogens is 1. The predicted octanol–water partition coefficient (Wildman–Crippen LogP) is 4.10. The summed E-state index contributed by atoms with van der Waals surface area (Å²) < 4.78 is 11.5. The highest BCUT2D eigenvalue weighted by atomic mass is 79.9. The van der Waals surface area contributed by atoms with Crippen LogP contribution in [-0.2, 0) is 4.74 Å². The first-order chi connectivity index (χ1) is 9.69. The number of thiophene rings is 1. The van der Waals surface area contributed by atoms with Gasteiger partial charge in [0.1, 0.15) is 6.61 Å². The summed E-state index contributed by atoms with van der Waals surface area (Å²) in [4.78, 5) is 5.53. The molecular weight excluding hydrogens is 340 g/mol. The lowest BCUT2D eigenvalue weighted by Gasteiger charge is -2.13. The van der Waals surface area contributed by atoms with Gasteiger partial charge in [-0.1, -0.05) is 0 Å². The second-order valence-corrected chi connectivity index (χ2v) is 6.12. The number of hydrogen-bond acceptors (Lipinski definition) is 5. The van der Waals surface area contributed by atoms with Crippen LogP contribution in [0.2, 0.25) is 0 Å². The number of methoxy groups -OCH3 is 1. The number of nitrogens with zero attached hydrogens (tertiary/aromatic N) is 1. The van der Waals surface area contributed by atoms with E-state index in [0.29, 0.717) is 19.1 Å². The molecule has 1 N–H and O–H groups in total. The molecule has 20 heavy (non-hydrogen) atoms. The third-order valence-electron chi connectivity index (χ3n) is 2.67. The van der Waals surface area contributed by atoms with Gasteiger partial charge in [0.05, 0.1) is 24.5 Å². The summed E-state index contributed by atoms with van der Waals surface area (Å²) in [6, 6.07) is 6.19. The minimum Gasteiger partial charge on any atom is -0.475 e. The fraction of sp³-hybridized carbons (Fsp3) is 0.357. The van der Waals surface area contributed by atoms with E-state index < -0.39 is 0 Å². The van der Waals surface area contributed by atoms with Crippen LogP contribution in [0.1, 0.15) is 17.8 Å². The van der Waals surface area contributed by atoms with Crippen molar-refractivity contribution in [3.05, 3.63) is 39.1 Å². The van der Waals surface area contributed by atoms with E-state index >= 15 is 0 Å². The third-order valence-corrected chi connectivity index (χ3v) is 4.55. The quantitative estimate of drug-likeness (QED) is 0.758. The molecule has 0 aliphatic heterocycles. The molecule has 1 unspecified atom stereocenters. The molecule has 0 fully saturated rings. The lowest BCUT2D eigenvalue weighted by molar-refractivity contribution is 0.144. The summed E-state index contributed by atoms with van der Waals surface area (Å²) in [5, 5.41) is 5.49. The van der Waals surface area contributed by atoms with Crippen LogP contribution in [-0.4, -0.2) is 25.3 Å². The SMILES string of the molecule is COCCOc1ccc(NC(C)c2cc(Br)cs2)cn1. The normalized spacial score (nSPS) is 12.2. The molecule has 0 amide bonds. The third kappa shape index (κ3) is 4.47. The largest absolute Gasteiger partial charge is 0.475 e. The number of ether oxygens (including phenoxy) is 2. The number of hydrogen-bond donors (Lipinski definition) is 1. The van der Waals surface area contributed by atoms with Crippen molar-refractivity contribution < 1.29 is 9.47 Å². The van der Waals surface area contributed by atoms with Crippen LogP contribution in [0.5, 0.6) is 5.88 Å². The van der Waals surface area contributed by atoms with Crippen molar-refractivity contribution in [3.8, 4) is 5.88 Å². The lowest BCUT2D eigenvalue weighted by Crippen LogP contribution is -2.07. The molecule has 6 heteroatoms. The Kier molecular flexibility index (Phi) is 5.82. The first kappa shape index (κ1) is 15.3. The van der Waals surface area contributed by atoms with Crippen LogP contribution in [0.15, 0.2) is 34.2 Å². The Hall–Kier alpha value is -1.11. The van der Waals surface area contributed by atoms with Gasteiger partial charge in [0.15, 0.2) is 0 Å². The van der Waals surface area contributed by atoms with Gasteiger partial charge in [-0.15, -0.1) is 11.3 Å². The molecule has 0 spiro atoms. The van der Waals surface area contributed by atoms with Gasteiger partial charge in [-0.3, -0.25) is 0 Å². The van der Waals surface area contributed by atoms with Crippen LogP contribution in [0.25, 0.3) is 0 Å². The Morgan fingerprint density at radius 2 is 2.25 bits per heavy atom. The van der Waals surface area contributed by atoms with Gasteiger partial charge in [0, 0.05) is 27.9 Å².